The lowest BCUT2D eigenvalue weighted by Crippen LogP contribution is -2.40. The highest BCUT2D eigenvalue weighted by Crippen LogP contribution is 2.20. The molecule has 2 aromatic carbocycles. The molecule has 1 aromatic heterocycles. The normalized spacial score (nSPS) is 10.2. The molecule has 0 radical (unpaired) electrons. The van der Waals surface area contributed by atoms with Gasteiger partial charge in [-0.15, -0.1) is 12.8 Å². The van der Waals surface area contributed by atoms with Crippen LogP contribution in [-0.2, 0) is 0 Å². The Bertz CT molecular complexity index is 1290. The lowest BCUT2D eigenvalue weighted by Gasteiger charge is -2.21. The fraction of sp³-hybridized carbons (Fsp3) is 0.0769. The van der Waals surface area contributed by atoms with Gasteiger partial charge in [0.15, 0.2) is 0 Å². The average molecular weight is 470 g/mol. The fourth-order valence-electron chi connectivity index (χ4n) is 2.82. The second-order valence-corrected chi connectivity index (χ2v) is 7.45. The Morgan fingerprint density at radius 2 is 1.91 bits per heavy atom. The number of aromatic nitrogens is 1. The van der Waals surface area contributed by atoms with Gasteiger partial charge >= 0.3 is 6.03 Å². The Balaban J connectivity index is 1.84. The van der Waals surface area contributed by atoms with Gasteiger partial charge in [-0.3, -0.25) is 9.80 Å². The minimum atomic E-state index is -0.693. The number of benzene rings is 2. The summed E-state index contributed by atoms with van der Waals surface area (Å²) in [5, 5.41) is 8.92. The third-order valence-corrected chi connectivity index (χ3v) is 4.74. The minimum absolute atomic E-state index is 0.113. The molecule has 0 bridgehead atoms. The molecule has 0 saturated carbocycles. The number of hydrogen-bond acceptors (Lipinski definition) is 5. The molecule has 8 heteroatoms. The second kappa shape index (κ2) is 11.3. The van der Waals surface area contributed by atoms with E-state index in [0.717, 1.165) is 10.5 Å². The zero-order valence-electron chi connectivity index (χ0n) is 18.3. The van der Waals surface area contributed by atoms with Crippen LogP contribution in [0.25, 0.3) is 0 Å². The number of terminal acetylenes is 2. The summed E-state index contributed by atoms with van der Waals surface area (Å²) in [6, 6.07) is 15.6. The third-order valence-electron chi connectivity index (χ3n) is 4.51. The maximum atomic E-state index is 13.2. The molecule has 3 amide bonds. The highest BCUT2D eigenvalue weighted by molar-refractivity contribution is 6.31. The molecule has 0 fully saturated rings. The van der Waals surface area contributed by atoms with Gasteiger partial charge in [0.05, 0.1) is 12.8 Å². The Kier molecular flexibility index (Phi) is 8.02. The van der Waals surface area contributed by atoms with E-state index in [2.05, 4.69) is 27.2 Å². The molecular weight excluding hydrogens is 450 g/mol. The van der Waals surface area contributed by atoms with Crippen LogP contribution >= 0.6 is 11.6 Å². The standard InChI is InChI=1S/C26H20ClN5O2/c1-4-15-31(3)29-18-20-9-12-23(13-10-20)30-26(34)32(24-14-11-19(5-2)17-28-24)25(33)21-7-6-8-22(27)16-21/h1-2,6-14,16-18H,15H2,3H3,(H,30,34). The smallest absolute Gasteiger partial charge is 0.307 e. The van der Waals surface area contributed by atoms with Gasteiger partial charge < -0.3 is 5.32 Å². The van der Waals surface area contributed by atoms with E-state index >= 15 is 0 Å². The van der Waals surface area contributed by atoms with Crippen LogP contribution in [0.4, 0.5) is 16.3 Å². The number of pyridine rings is 1. The Morgan fingerprint density at radius 3 is 2.53 bits per heavy atom. The maximum absolute atomic E-state index is 13.2. The zero-order valence-corrected chi connectivity index (χ0v) is 19.0. The van der Waals surface area contributed by atoms with Crippen molar-refractivity contribution in [3.8, 4) is 24.7 Å². The summed E-state index contributed by atoms with van der Waals surface area (Å²) in [5.41, 5.74) is 2.03. The number of carbonyl (C=O) groups is 2. The van der Waals surface area contributed by atoms with Crippen LogP contribution < -0.4 is 10.2 Å². The first-order chi connectivity index (χ1) is 16.4. The van der Waals surface area contributed by atoms with Gasteiger partial charge in [-0.25, -0.2) is 14.7 Å². The lowest BCUT2D eigenvalue weighted by atomic mass is 10.2. The molecule has 34 heavy (non-hydrogen) atoms. The quantitative estimate of drug-likeness (QED) is 0.327. The van der Waals surface area contributed by atoms with Crippen molar-refractivity contribution < 1.29 is 9.59 Å². The number of nitrogens with zero attached hydrogens (tertiary/aromatic N) is 4. The predicted molar refractivity (Wildman–Crippen MR) is 135 cm³/mol. The van der Waals surface area contributed by atoms with E-state index in [1.165, 1.54) is 18.3 Å². The number of hydrazone groups is 1. The van der Waals surface area contributed by atoms with Crippen LogP contribution in [0.3, 0.4) is 0 Å². The van der Waals surface area contributed by atoms with Crippen LogP contribution in [-0.4, -0.2) is 41.7 Å². The topological polar surface area (TPSA) is 77.9 Å². The molecule has 1 N–H and O–H groups in total. The van der Waals surface area contributed by atoms with Crippen molar-refractivity contribution in [1.29, 1.82) is 0 Å². The molecule has 0 aliphatic heterocycles. The van der Waals surface area contributed by atoms with Gasteiger partial charge in [-0.05, 0) is 48.0 Å². The van der Waals surface area contributed by atoms with Crippen molar-refractivity contribution >= 4 is 41.3 Å². The highest BCUT2D eigenvalue weighted by atomic mass is 35.5. The van der Waals surface area contributed by atoms with Gasteiger partial charge in [0.1, 0.15) is 5.82 Å². The summed E-state index contributed by atoms with van der Waals surface area (Å²) < 4.78 is 0. The third kappa shape index (κ3) is 6.23. The highest BCUT2D eigenvalue weighted by Gasteiger charge is 2.26. The largest absolute Gasteiger partial charge is 0.334 e. The first kappa shape index (κ1) is 24.1. The molecular formula is C26H20ClN5O2. The lowest BCUT2D eigenvalue weighted by molar-refractivity contribution is 0.0995. The molecule has 0 atom stereocenters. The Hall–Kier alpha value is -4.59. The van der Waals surface area contributed by atoms with E-state index in [1.54, 1.807) is 66.8 Å². The van der Waals surface area contributed by atoms with Crippen molar-refractivity contribution in [3.63, 3.8) is 0 Å². The molecule has 3 aromatic rings. The van der Waals surface area contributed by atoms with E-state index in [4.69, 9.17) is 24.4 Å². The van der Waals surface area contributed by atoms with Gasteiger partial charge in [0, 0.05) is 35.1 Å². The number of halogens is 1. The fourth-order valence-corrected chi connectivity index (χ4v) is 3.01. The van der Waals surface area contributed by atoms with Gasteiger partial charge in [0.2, 0.25) is 0 Å². The molecule has 168 valence electrons. The first-order valence-electron chi connectivity index (χ1n) is 10.0. The number of carbonyl (C=O) groups excluding carboxylic acids is 2. The van der Waals surface area contributed by atoms with E-state index in [-0.39, 0.29) is 11.4 Å². The first-order valence-corrected chi connectivity index (χ1v) is 10.4. The van der Waals surface area contributed by atoms with E-state index in [1.807, 2.05) is 0 Å². The van der Waals surface area contributed by atoms with Crippen LogP contribution in [0, 0.1) is 24.7 Å². The van der Waals surface area contributed by atoms with Crippen molar-refractivity contribution in [1.82, 2.24) is 9.99 Å². The minimum Gasteiger partial charge on any atom is -0.307 e. The predicted octanol–water partition coefficient (Wildman–Crippen LogP) is 4.49. The average Bonchev–Trinajstić information content (AvgIpc) is 2.84. The number of rotatable bonds is 6. The summed E-state index contributed by atoms with van der Waals surface area (Å²) in [6.07, 6.45) is 13.7. The maximum Gasteiger partial charge on any atom is 0.334 e. The van der Waals surface area contributed by atoms with Gasteiger partial charge in [0.25, 0.3) is 5.91 Å². The van der Waals surface area contributed by atoms with Gasteiger partial charge in [-0.2, -0.15) is 5.10 Å². The van der Waals surface area contributed by atoms with E-state index in [0.29, 0.717) is 22.8 Å². The van der Waals surface area contributed by atoms with E-state index in [9.17, 15) is 9.59 Å². The molecule has 7 nitrogen and oxygen atoms in total. The van der Waals surface area contributed by atoms with E-state index < -0.39 is 11.9 Å². The summed E-state index contributed by atoms with van der Waals surface area (Å²) in [5.74, 6) is 4.47. The molecule has 0 aliphatic rings. The van der Waals surface area contributed by atoms with Crippen molar-refractivity contribution in [2.24, 2.45) is 5.10 Å². The number of hydrogen-bond donors (Lipinski definition) is 1. The Labute approximate surface area is 203 Å². The summed E-state index contributed by atoms with van der Waals surface area (Å²) in [7, 11) is 1.76. The zero-order chi connectivity index (χ0) is 24.5. The number of nitrogens with one attached hydrogen (secondary N) is 1. The molecule has 0 spiro atoms. The molecule has 0 aliphatic carbocycles. The van der Waals surface area contributed by atoms with Gasteiger partial charge in [-0.1, -0.05) is 41.6 Å². The monoisotopic (exact) mass is 469 g/mol. The van der Waals surface area contributed by atoms with Crippen molar-refractivity contribution in [2.45, 2.75) is 0 Å². The number of urea groups is 1. The summed E-state index contributed by atoms with van der Waals surface area (Å²) >= 11 is 6.03. The molecule has 3 rings (SSSR count). The summed E-state index contributed by atoms with van der Waals surface area (Å²) in [6.45, 7) is 0.386. The molecule has 0 unspecified atom stereocenters. The molecule has 1 heterocycles. The van der Waals surface area contributed by atoms with Crippen LogP contribution in [0.15, 0.2) is 72.0 Å². The SMILES string of the molecule is C#CCN(C)N=Cc1ccc(NC(=O)N(C(=O)c2cccc(Cl)c2)c2ccc(C#C)cn2)cc1. The number of anilines is 2. The second-order valence-electron chi connectivity index (χ2n) is 7.02. The number of amides is 3. The Morgan fingerprint density at radius 1 is 1.15 bits per heavy atom. The molecule has 0 saturated heterocycles. The van der Waals surface area contributed by atoms with Crippen LogP contribution in [0.2, 0.25) is 5.02 Å². The van der Waals surface area contributed by atoms with Crippen LogP contribution in [0.5, 0.6) is 0 Å². The summed E-state index contributed by atoms with van der Waals surface area (Å²) in [4.78, 5) is 31.5. The van der Waals surface area contributed by atoms with Crippen molar-refractivity contribution in [3.05, 3.63) is 88.6 Å². The van der Waals surface area contributed by atoms with Crippen molar-refractivity contribution in [2.75, 3.05) is 23.8 Å². The number of imide groups is 1. The van der Waals surface area contributed by atoms with Crippen LogP contribution in [0.1, 0.15) is 21.5 Å².